The number of benzene rings is 3. The molecule has 0 N–H and O–H groups in total. The summed E-state index contributed by atoms with van der Waals surface area (Å²) in [7, 11) is 3.18. The summed E-state index contributed by atoms with van der Waals surface area (Å²) in [5.41, 5.74) is 3.38. The Balaban J connectivity index is 1.87. The fraction of sp³-hybridized carbons (Fsp3) is 0.250. The molecule has 0 aliphatic rings. The fourth-order valence-corrected chi connectivity index (χ4v) is 4.78. The average molecular weight is 527 g/mol. The molecule has 1 heterocycles. The zero-order chi connectivity index (χ0) is 25.8. The number of amides is 1. The van der Waals surface area contributed by atoms with E-state index >= 15 is 0 Å². The van der Waals surface area contributed by atoms with Gasteiger partial charge in [0.05, 0.1) is 20.8 Å². The molecule has 0 saturated heterocycles. The van der Waals surface area contributed by atoms with Gasteiger partial charge in [-0.05, 0) is 61.9 Å². The Labute approximate surface area is 220 Å². The first-order chi connectivity index (χ1) is 17.4. The van der Waals surface area contributed by atoms with Crippen molar-refractivity contribution in [3.63, 3.8) is 0 Å². The highest BCUT2D eigenvalue weighted by Gasteiger charge is 2.20. The number of ether oxygens (including phenoxy) is 3. The van der Waals surface area contributed by atoms with Crippen molar-refractivity contribution in [3.05, 3.63) is 76.4 Å². The van der Waals surface area contributed by atoms with Crippen molar-refractivity contribution in [2.75, 3.05) is 27.3 Å². The summed E-state index contributed by atoms with van der Waals surface area (Å²) in [6, 6.07) is 16.9. The van der Waals surface area contributed by atoms with Gasteiger partial charge < -0.3 is 23.7 Å². The molecule has 0 aliphatic heterocycles. The van der Waals surface area contributed by atoms with E-state index in [9.17, 15) is 4.79 Å². The van der Waals surface area contributed by atoms with E-state index in [0.29, 0.717) is 46.9 Å². The minimum atomic E-state index is -0.400. The number of hydrogen-bond acceptors (Lipinski definition) is 4. The maximum Gasteiger partial charge on any atom is 0.415 e. The maximum atomic E-state index is 12.9. The van der Waals surface area contributed by atoms with Gasteiger partial charge in [0.25, 0.3) is 0 Å². The Bertz CT molecular complexity index is 1380. The van der Waals surface area contributed by atoms with Gasteiger partial charge in [-0.15, -0.1) is 0 Å². The van der Waals surface area contributed by atoms with Crippen LogP contribution >= 0.6 is 23.2 Å². The van der Waals surface area contributed by atoms with Crippen molar-refractivity contribution in [1.29, 1.82) is 0 Å². The number of methoxy groups -OCH3 is 2. The summed E-state index contributed by atoms with van der Waals surface area (Å²) < 4.78 is 18.9. The van der Waals surface area contributed by atoms with Crippen molar-refractivity contribution in [1.82, 2.24) is 9.47 Å². The molecular formula is C28H28Cl2N2O4. The van der Waals surface area contributed by atoms with Crippen LogP contribution in [0.2, 0.25) is 10.0 Å². The quantitative estimate of drug-likeness (QED) is 0.238. The summed E-state index contributed by atoms with van der Waals surface area (Å²) >= 11 is 12.9. The number of halogens is 2. The van der Waals surface area contributed by atoms with E-state index in [0.717, 1.165) is 27.6 Å². The Kier molecular flexibility index (Phi) is 7.97. The van der Waals surface area contributed by atoms with E-state index in [4.69, 9.17) is 37.4 Å². The van der Waals surface area contributed by atoms with E-state index in [1.165, 1.54) is 0 Å². The van der Waals surface area contributed by atoms with Crippen molar-refractivity contribution in [2.24, 2.45) is 0 Å². The Morgan fingerprint density at radius 2 is 1.56 bits per heavy atom. The first kappa shape index (κ1) is 25.7. The first-order valence-electron chi connectivity index (χ1n) is 11.7. The average Bonchev–Trinajstić information content (AvgIpc) is 3.29. The molecule has 4 aromatic rings. The van der Waals surface area contributed by atoms with E-state index in [2.05, 4.69) is 4.57 Å². The zero-order valence-electron chi connectivity index (χ0n) is 20.7. The lowest BCUT2D eigenvalue weighted by Crippen LogP contribution is -2.33. The summed E-state index contributed by atoms with van der Waals surface area (Å²) in [4.78, 5) is 14.5. The molecule has 0 fully saturated rings. The summed E-state index contributed by atoms with van der Waals surface area (Å²) in [5.74, 6) is 1.65. The van der Waals surface area contributed by atoms with Gasteiger partial charge in [0, 0.05) is 51.4 Å². The van der Waals surface area contributed by atoms with Gasteiger partial charge in [0.2, 0.25) is 0 Å². The van der Waals surface area contributed by atoms with Crippen LogP contribution in [0.25, 0.3) is 22.0 Å². The van der Waals surface area contributed by atoms with Gasteiger partial charge in [-0.1, -0.05) is 35.3 Å². The predicted octanol–water partition coefficient (Wildman–Crippen LogP) is 7.52. The number of fused-ring (bicyclic) bond motifs is 1. The largest absolute Gasteiger partial charge is 0.493 e. The van der Waals surface area contributed by atoms with Crippen LogP contribution in [0.3, 0.4) is 0 Å². The molecule has 3 aromatic carbocycles. The molecule has 1 aromatic heterocycles. The molecule has 0 aliphatic carbocycles. The number of rotatable bonds is 8. The highest BCUT2D eigenvalue weighted by atomic mass is 35.5. The summed E-state index contributed by atoms with van der Waals surface area (Å²) in [5, 5.41) is 2.12. The molecule has 1 amide bonds. The molecule has 4 rings (SSSR count). The zero-order valence-corrected chi connectivity index (χ0v) is 22.2. The summed E-state index contributed by atoms with van der Waals surface area (Å²) in [6.45, 7) is 5.44. The first-order valence-corrected chi connectivity index (χ1v) is 12.4. The lowest BCUT2D eigenvalue weighted by atomic mass is 10.00. The second kappa shape index (κ2) is 11.1. The highest BCUT2D eigenvalue weighted by Crippen LogP contribution is 2.41. The van der Waals surface area contributed by atoms with Gasteiger partial charge in [-0.25, -0.2) is 4.79 Å². The Morgan fingerprint density at radius 1 is 0.889 bits per heavy atom. The third-order valence-electron chi connectivity index (χ3n) is 6.20. The topological polar surface area (TPSA) is 52.9 Å². The Morgan fingerprint density at radius 3 is 2.19 bits per heavy atom. The molecule has 0 atom stereocenters. The van der Waals surface area contributed by atoms with Crippen molar-refractivity contribution < 1.29 is 19.0 Å². The lowest BCUT2D eigenvalue weighted by Gasteiger charge is -2.20. The maximum absolute atomic E-state index is 12.9. The summed E-state index contributed by atoms with van der Waals surface area (Å²) in [6.07, 6.45) is 1.58. The van der Waals surface area contributed by atoms with Gasteiger partial charge in [-0.3, -0.25) is 0 Å². The Hall–Kier alpha value is -3.35. The number of aromatic nitrogens is 1. The normalized spacial score (nSPS) is 10.9. The van der Waals surface area contributed by atoms with Crippen molar-refractivity contribution in [3.8, 4) is 28.4 Å². The monoisotopic (exact) mass is 526 g/mol. The second-order valence-electron chi connectivity index (χ2n) is 8.13. The molecule has 0 saturated carbocycles. The molecule has 0 radical (unpaired) electrons. The van der Waals surface area contributed by atoms with Crippen LogP contribution in [0.15, 0.2) is 60.8 Å². The molecule has 188 valence electrons. The van der Waals surface area contributed by atoms with E-state index in [1.54, 1.807) is 19.1 Å². The van der Waals surface area contributed by atoms with Crippen LogP contribution in [-0.4, -0.2) is 42.9 Å². The minimum absolute atomic E-state index is 0.400. The molecule has 36 heavy (non-hydrogen) atoms. The minimum Gasteiger partial charge on any atom is -0.493 e. The highest BCUT2D eigenvalue weighted by molar-refractivity contribution is 6.36. The number of carbonyl (C=O) groups excluding carboxylic acids is 1. The van der Waals surface area contributed by atoms with Gasteiger partial charge in [0.1, 0.15) is 5.75 Å². The molecule has 0 unspecified atom stereocenters. The van der Waals surface area contributed by atoms with Crippen molar-refractivity contribution >= 4 is 40.2 Å². The molecular weight excluding hydrogens is 499 g/mol. The molecule has 8 heteroatoms. The molecule has 6 nitrogen and oxygen atoms in total. The van der Waals surface area contributed by atoms with Crippen LogP contribution in [0.5, 0.6) is 17.2 Å². The lowest BCUT2D eigenvalue weighted by molar-refractivity contribution is 0.157. The third kappa shape index (κ3) is 4.97. The van der Waals surface area contributed by atoms with Gasteiger partial charge >= 0.3 is 6.09 Å². The number of carbonyl (C=O) groups is 1. The third-order valence-corrected chi connectivity index (χ3v) is 6.90. The van der Waals surface area contributed by atoms with E-state index in [-0.39, 0.29) is 0 Å². The number of hydrogen-bond donors (Lipinski definition) is 0. The predicted molar refractivity (Wildman–Crippen MR) is 145 cm³/mol. The SMILES string of the molecule is CCN(CC)C(=O)Oc1ccc2c(ccn2Cc2c(Cl)cccc2Cl)c1-c1ccc(OC)c(OC)c1. The standard InChI is InChI=1S/C28H28Cl2N2O4/c1-5-31(6-2)28(33)36-25-13-11-23-19(27(25)18-10-12-24(34-3)26(16-18)35-4)14-15-32(23)17-20-21(29)8-7-9-22(20)30/h7-16H,5-6,17H2,1-4H3. The van der Waals surface area contributed by atoms with E-state index < -0.39 is 6.09 Å². The fourth-order valence-electron chi connectivity index (χ4n) is 4.26. The van der Waals surface area contributed by atoms with E-state index in [1.807, 2.05) is 74.6 Å². The van der Waals surface area contributed by atoms with Crippen LogP contribution in [0, 0.1) is 0 Å². The van der Waals surface area contributed by atoms with Crippen molar-refractivity contribution in [2.45, 2.75) is 20.4 Å². The number of nitrogens with zero attached hydrogens (tertiary/aromatic N) is 2. The van der Waals surface area contributed by atoms with Gasteiger partial charge in [-0.2, -0.15) is 0 Å². The smallest absolute Gasteiger partial charge is 0.415 e. The van der Waals surface area contributed by atoms with Gasteiger partial charge in [0.15, 0.2) is 11.5 Å². The van der Waals surface area contributed by atoms with Crippen LogP contribution in [-0.2, 0) is 6.54 Å². The molecule has 0 spiro atoms. The van der Waals surface area contributed by atoms with Crippen LogP contribution < -0.4 is 14.2 Å². The second-order valence-corrected chi connectivity index (χ2v) is 8.94. The van der Waals surface area contributed by atoms with Crippen LogP contribution in [0.4, 0.5) is 4.79 Å². The molecule has 0 bridgehead atoms. The van der Waals surface area contributed by atoms with Crippen LogP contribution in [0.1, 0.15) is 19.4 Å².